The quantitative estimate of drug-likeness (QED) is 0.371. The highest BCUT2D eigenvalue weighted by molar-refractivity contribution is 6.33. The van der Waals surface area contributed by atoms with Gasteiger partial charge in [-0.15, -0.1) is 0 Å². The lowest BCUT2D eigenvalue weighted by molar-refractivity contribution is -0.384. The van der Waals surface area contributed by atoms with E-state index in [0.29, 0.717) is 11.4 Å². The molecule has 0 unspecified atom stereocenters. The summed E-state index contributed by atoms with van der Waals surface area (Å²) in [6.45, 7) is 1.99. The number of anilines is 1. The van der Waals surface area contributed by atoms with Crippen molar-refractivity contribution in [2.75, 3.05) is 4.90 Å². The molecule has 29 heavy (non-hydrogen) atoms. The van der Waals surface area contributed by atoms with Crippen LogP contribution in [-0.4, -0.2) is 16.7 Å². The summed E-state index contributed by atoms with van der Waals surface area (Å²) in [5, 5.41) is 10.8. The van der Waals surface area contributed by atoms with Crippen LogP contribution in [0, 0.1) is 17.0 Å². The molecule has 6 nitrogen and oxygen atoms in total. The maximum absolute atomic E-state index is 13.2. The molecule has 0 spiro atoms. The van der Waals surface area contributed by atoms with E-state index in [1.807, 2.05) is 61.5 Å². The number of non-ortho nitro benzene ring substituents is 1. The average Bonchev–Trinajstić information content (AvgIpc) is 3.05. The first-order valence-corrected chi connectivity index (χ1v) is 9.04. The normalized spacial score (nSPS) is 14.9. The van der Waals surface area contributed by atoms with Crippen molar-refractivity contribution in [2.24, 2.45) is 4.99 Å². The van der Waals surface area contributed by atoms with Crippen molar-refractivity contribution in [3.8, 4) is 0 Å². The summed E-state index contributed by atoms with van der Waals surface area (Å²) in [6.07, 6.45) is 1.64. The molecule has 0 N–H and O–H groups in total. The molecule has 0 aromatic heterocycles. The number of amidine groups is 1. The van der Waals surface area contributed by atoms with Gasteiger partial charge in [0.05, 0.1) is 10.6 Å². The van der Waals surface area contributed by atoms with E-state index < -0.39 is 4.92 Å². The van der Waals surface area contributed by atoms with Crippen molar-refractivity contribution in [2.45, 2.75) is 6.92 Å². The summed E-state index contributed by atoms with van der Waals surface area (Å²) in [4.78, 5) is 29.8. The highest BCUT2D eigenvalue weighted by Crippen LogP contribution is 2.28. The molecule has 0 saturated heterocycles. The zero-order valence-electron chi connectivity index (χ0n) is 15.6. The molecule has 3 aromatic carbocycles. The first kappa shape index (κ1) is 18.3. The average molecular weight is 383 g/mol. The first-order chi connectivity index (χ1) is 14.0. The minimum Gasteiger partial charge on any atom is -0.266 e. The second-order valence-corrected chi connectivity index (χ2v) is 6.66. The number of carbonyl (C=O) groups excluding carboxylic acids is 1. The van der Waals surface area contributed by atoms with Crippen LogP contribution in [0.15, 0.2) is 89.6 Å². The van der Waals surface area contributed by atoms with Gasteiger partial charge in [-0.25, -0.2) is 4.99 Å². The van der Waals surface area contributed by atoms with Gasteiger partial charge in [0.25, 0.3) is 11.6 Å². The second kappa shape index (κ2) is 7.52. The molecule has 0 saturated carbocycles. The van der Waals surface area contributed by atoms with E-state index in [9.17, 15) is 14.9 Å². The van der Waals surface area contributed by atoms with Gasteiger partial charge in [-0.3, -0.25) is 19.8 Å². The number of rotatable bonds is 4. The second-order valence-electron chi connectivity index (χ2n) is 6.66. The van der Waals surface area contributed by atoms with Gasteiger partial charge in [0, 0.05) is 17.7 Å². The zero-order chi connectivity index (χ0) is 20.4. The van der Waals surface area contributed by atoms with Crippen LogP contribution in [0.5, 0.6) is 0 Å². The van der Waals surface area contributed by atoms with Crippen LogP contribution in [0.25, 0.3) is 6.08 Å². The van der Waals surface area contributed by atoms with Crippen LogP contribution >= 0.6 is 0 Å². The molecule has 1 amide bonds. The monoisotopic (exact) mass is 383 g/mol. The third-order valence-corrected chi connectivity index (χ3v) is 4.56. The Morgan fingerprint density at radius 2 is 1.69 bits per heavy atom. The number of nitro groups is 1. The number of hydrogen-bond donors (Lipinski definition) is 0. The number of benzene rings is 3. The number of aliphatic imine (C=N–C) groups is 1. The SMILES string of the molecule is Cc1cccc(C2=N/C(=C/c3ccc([N+](=O)[O-])cc3)C(=O)N2c2ccccc2)c1. The number of para-hydroxylation sites is 1. The van der Waals surface area contributed by atoms with Crippen LogP contribution in [0.3, 0.4) is 0 Å². The van der Waals surface area contributed by atoms with Gasteiger partial charge < -0.3 is 0 Å². The fraction of sp³-hybridized carbons (Fsp3) is 0.0435. The van der Waals surface area contributed by atoms with E-state index in [1.54, 1.807) is 23.1 Å². The Kier molecular flexibility index (Phi) is 4.75. The van der Waals surface area contributed by atoms with Crippen molar-refractivity contribution in [3.05, 3.63) is 111 Å². The Morgan fingerprint density at radius 1 is 0.966 bits per heavy atom. The van der Waals surface area contributed by atoms with E-state index in [4.69, 9.17) is 0 Å². The summed E-state index contributed by atoms with van der Waals surface area (Å²) in [7, 11) is 0. The summed E-state index contributed by atoms with van der Waals surface area (Å²) >= 11 is 0. The van der Waals surface area contributed by atoms with Crippen molar-refractivity contribution < 1.29 is 9.72 Å². The van der Waals surface area contributed by atoms with Crippen molar-refractivity contribution in [1.82, 2.24) is 0 Å². The van der Waals surface area contributed by atoms with Gasteiger partial charge in [-0.05, 0) is 48.9 Å². The lowest BCUT2D eigenvalue weighted by atomic mass is 10.1. The molecular weight excluding hydrogens is 366 g/mol. The molecule has 1 aliphatic heterocycles. The molecule has 0 bridgehead atoms. The Balaban J connectivity index is 1.79. The summed E-state index contributed by atoms with van der Waals surface area (Å²) < 4.78 is 0. The Bertz CT molecular complexity index is 1150. The number of amides is 1. The van der Waals surface area contributed by atoms with Crippen LogP contribution in [0.1, 0.15) is 16.7 Å². The highest BCUT2D eigenvalue weighted by Gasteiger charge is 2.32. The number of aryl methyl sites for hydroxylation is 1. The number of nitro benzene ring substituents is 1. The van der Waals surface area contributed by atoms with Crippen molar-refractivity contribution in [1.29, 1.82) is 0 Å². The molecule has 1 aliphatic rings. The van der Waals surface area contributed by atoms with Gasteiger partial charge >= 0.3 is 0 Å². The lowest BCUT2D eigenvalue weighted by Crippen LogP contribution is -2.32. The first-order valence-electron chi connectivity index (χ1n) is 9.04. The minimum absolute atomic E-state index is 0.000221. The molecule has 4 rings (SSSR count). The largest absolute Gasteiger partial charge is 0.282 e. The Morgan fingerprint density at radius 3 is 2.34 bits per heavy atom. The molecule has 6 heteroatoms. The molecule has 0 aliphatic carbocycles. The molecule has 0 atom stereocenters. The Hall–Kier alpha value is -4.06. The third-order valence-electron chi connectivity index (χ3n) is 4.56. The smallest absolute Gasteiger partial charge is 0.266 e. The van der Waals surface area contributed by atoms with Gasteiger partial charge in [-0.1, -0.05) is 42.0 Å². The molecule has 142 valence electrons. The topological polar surface area (TPSA) is 75.8 Å². The molecule has 3 aromatic rings. The van der Waals surface area contributed by atoms with Crippen LogP contribution in [-0.2, 0) is 4.79 Å². The van der Waals surface area contributed by atoms with E-state index >= 15 is 0 Å². The summed E-state index contributed by atoms with van der Waals surface area (Å²) in [5.41, 5.74) is 3.58. The number of carbonyl (C=O) groups is 1. The minimum atomic E-state index is -0.456. The standard InChI is InChI=1S/C23H17N3O3/c1-16-6-5-7-18(14-16)22-24-21(15-17-10-12-20(13-11-17)26(28)29)23(27)25(22)19-8-3-2-4-9-19/h2-15H,1H3/b21-15+. The van der Waals surface area contributed by atoms with Gasteiger partial charge in [-0.2, -0.15) is 0 Å². The third kappa shape index (κ3) is 3.68. The van der Waals surface area contributed by atoms with Gasteiger partial charge in [0.1, 0.15) is 11.5 Å². The zero-order valence-corrected chi connectivity index (χ0v) is 15.6. The molecule has 1 heterocycles. The Labute approximate surface area is 167 Å². The van der Waals surface area contributed by atoms with E-state index in [1.165, 1.54) is 12.1 Å². The fourth-order valence-corrected chi connectivity index (χ4v) is 3.16. The number of nitrogens with zero attached hydrogens (tertiary/aromatic N) is 3. The van der Waals surface area contributed by atoms with Crippen LogP contribution < -0.4 is 4.90 Å². The predicted molar refractivity (Wildman–Crippen MR) is 113 cm³/mol. The molecule has 0 radical (unpaired) electrons. The lowest BCUT2D eigenvalue weighted by Gasteiger charge is -2.18. The summed E-state index contributed by atoms with van der Waals surface area (Å²) in [5.74, 6) is 0.309. The van der Waals surface area contributed by atoms with E-state index in [0.717, 1.165) is 16.8 Å². The summed E-state index contributed by atoms with van der Waals surface area (Å²) in [6, 6.07) is 23.2. The van der Waals surface area contributed by atoms with Gasteiger partial charge in [0.15, 0.2) is 0 Å². The van der Waals surface area contributed by atoms with Gasteiger partial charge in [0.2, 0.25) is 0 Å². The van der Waals surface area contributed by atoms with E-state index in [-0.39, 0.29) is 17.3 Å². The van der Waals surface area contributed by atoms with Crippen molar-refractivity contribution in [3.63, 3.8) is 0 Å². The molecule has 0 fully saturated rings. The maximum Gasteiger partial charge on any atom is 0.282 e. The maximum atomic E-state index is 13.2. The fourth-order valence-electron chi connectivity index (χ4n) is 3.16. The van der Waals surface area contributed by atoms with Crippen LogP contribution in [0.2, 0.25) is 0 Å². The highest BCUT2D eigenvalue weighted by atomic mass is 16.6. The molecular formula is C23H17N3O3. The number of hydrogen-bond acceptors (Lipinski definition) is 4. The van der Waals surface area contributed by atoms with E-state index in [2.05, 4.69) is 4.99 Å². The van der Waals surface area contributed by atoms with Crippen molar-refractivity contribution >= 4 is 29.2 Å². The predicted octanol–water partition coefficient (Wildman–Crippen LogP) is 4.74. The van der Waals surface area contributed by atoms with Crippen LogP contribution in [0.4, 0.5) is 11.4 Å².